The lowest BCUT2D eigenvalue weighted by atomic mass is 10.1. The molecule has 0 rings (SSSR count). The molecule has 0 heterocycles. The molecule has 0 aliphatic heterocycles. The number of nitrogens with one attached hydrogen (secondary N) is 2. The predicted molar refractivity (Wildman–Crippen MR) is 91.9 cm³/mol. The Morgan fingerprint density at radius 3 is 2.09 bits per heavy atom. The first-order valence-corrected chi connectivity index (χ1v) is 8.27. The van der Waals surface area contributed by atoms with Gasteiger partial charge < -0.3 is 15.5 Å². The van der Waals surface area contributed by atoms with Crippen LogP contribution >= 0.6 is 0 Å². The number of carbonyl (C=O) groups is 2. The summed E-state index contributed by atoms with van der Waals surface area (Å²) in [5.41, 5.74) is 0. The highest BCUT2D eigenvalue weighted by Gasteiger charge is 2.11. The first-order chi connectivity index (χ1) is 10.4. The quantitative estimate of drug-likeness (QED) is 0.424. The summed E-state index contributed by atoms with van der Waals surface area (Å²) in [4.78, 5) is 25.6. The Bertz CT molecular complexity index is 352. The van der Waals surface area contributed by atoms with E-state index < -0.39 is 0 Å². The van der Waals surface area contributed by atoms with Crippen molar-refractivity contribution in [1.82, 2.24) is 15.5 Å². The summed E-state index contributed by atoms with van der Waals surface area (Å²) in [6, 6.07) is 0.456. The van der Waals surface area contributed by atoms with Gasteiger partial charge in [0, 0.05) is 31.1 Å². The third kappa shape index (κ3) is 10.5. The van der Waals surface area contributed by atoms with E-state index in [1.165, 1.54) is 12.2 Å². The van der Waals surface area contributed by atoms with E-state index in [1.54, 1.807) is 0 Å². The molecule has 0 aromatic heterocycles. The van der Waals surface area contributed by atoms with Gasteiger partial charge in [-0.05, 0) is 39.1 Å². The van der Waals surface area contributed by atoms with E-state index in [0.29, 0.717) is 19.1 Å². The van der Waals surface area contributed by atoms with Crippen LogP contribution < -0.4 is 10.6 Å². The zero-order chi connectivity index (χ0) is 17.0. The van der Waals surface area contributed by atoms with Crippen LogP contribution in [0.15, 0.2) is 12.2 Å². The molecule has 0 atom stereocenters. The summed E-state index contributed by atoms with van der Waals surface area (Å²) in [5.74, 6) is -0.156. The van der Waals surface area contributed by atoms with E-state index in [4.69, 9.17) is 0 Å². The molecule has 5 heteroatoms. The smallest absolute Gasteiger partial charge is 0.246 e. The van der Waals surface area contributed by atoms with Crippen LogP contribution in [0.1, 0.15) is 40.5 Å². The van der Waals surface area contributed by atoms with Crippen LogP contribution in [0.4, 0.5) is 0 Å². The highest BCUT2D eigenvalue weighted by Crippen LogP contribution is 2.00. The Balaban J connectivity index is 4.42. The van der Waals surface area contributed by atoms with Crippen molar-refractivity contribution in [3.8, 4) is 0 Å². The lowest BCUT2D eigenvalue weighted by molar-refractivity contribution is -0.126. The van der Waals surface area contributed by atoms with Gasteiger partial charge in [0.2, 0.25) is 5.91 Å². The predicted octanol–water partition coefficient (Wildman–Crippen LogP) is 1.59. The van der Waals surface area contributed by atoms with Crippen molar-refractivity contribution in [2.45, 2.75) is 46.6 Å². The first kappa shape index (κ1) is 20.8. The number of amides is 1. The molecule has 0 aliphatic carbocycles. The number of carbonyl (C=O) groups excluding carboxylic acids is 2. The summed E-state index contributed by atoms with van der Waals surface area (Å²) in [6.07, 6.45) is 4.64. The molecule has 0 fully saturated rings. The second-order valence-corrected chi connectivity index (χ2v) is 6.14. The average Bonchev–Trinajstić information content (AvgIpc) is 2.46. The largest absolute Gasteiger partial charge is 0.339 e. The summed E-state index contributed by atoms with van der Waals surface area (Å²) < 4.78 is 0. The maximum absolute atomic E-state index is 12.2. The number of rotatable bonds is 12. The van der Waals surface area contributed by atoms with E-state index >= 15 is 0 Å². The molecule has 0 bridgehead atoms. The fourth-order valence-corrected chi connectivity index (χ4v) is 1.89. The molecular formula is C17H33N3O2. The van der Waals surface area contributed by atoms with Gasteiger partial charge in [-0.2, -0.15) is 0 Å². The zero-order valence-corrected chi connectivity index (χ0v) is 14.8. The number of nitrogens with zero attached hydrogens (tertiary/aromatic N) is 1. The number of hydrogen-bond acceptors (Lipinski definition) is 4. The Morgan fingerprint density at radius 2 is 1.59 bits per heavy atom. The minimum absolute atomic E-state index is 0.00926. The van der Waals surface area contributed by atoms with Crippen molar-refractivity contribution >= 4 is 11.7 Å². The van der Waals surface area contributed by atoms with Crippen LogP contribution in [0.3, 0.4) is 0 Å². The summed E-state index contributed by atoms with van der Waals surface area (Å²) in [6.45, 7) is 11.1. The molecule has 5 nitrogen and oxygen atoms in total. The Kier molecular flexibility index (Phi) is 11.7. The maximum atomic E-state index is 12.2. The first-order valence-electron chi connectivity index (χ1n) is 8.27. The normalized spacial score (nSPS) is 11.6. The molecular weight excluding hydrogens is 278 g/mol. The third-order valence-electron chi connectivity index (χ3n) is 3.28. The minimum Gasteiger partial charge on any atom is -0.339 e. The summed E-state index contributed by atoms with van der Waals surface area (Å²) in [7, 11) is 1.90. The summed E-state index contributed by atoms with van der Waals surface area (Å²) >= 11 is 0. The molecule has 0 radical (unpaired) electrons. The van der Waals surface area contributed by atoms with Gasteiger partial charge in [0.15, 0.2) is 5.78 Å². The van der Waals surface area contributed by atoms with Crippen molar-refractivity contribution in [3.63, 3.8) is 0 Å². The molecule has 1 amide bonds. The SMILES string of the molecule is CNCCCN(CCCNC(C)C)C(=O)/C=C\C(=O)C(C)C. The van der Waals surface area contributed by atoms with Crippen LogP contribution in [0.25, 0.3) is 0 Å². The van der Waals surface area contributed by atoms with Crippen molar-refractivity contribution < 1.29 is 9.59 Å². The van der Waals surface area contributed by atoms with Gasteiger partial charge in [-0.3, -0.25) is 9.59 Å². The van der Waals surface area contributed by atoms with Gasteiger partial charge in [-0.25, -0.2) is 0 Å². The topological polar surface area (TPSA) is 61.4 Å². The van der Waals surface area contributed by atoms with Crippen molar-refractivity contribution in [2.24, 2.45) is 5.92 Å². The van der Waals surface area contributed by atoms with Gasteiger partial charge in [0.1, 0.15) is 0 Å². The average molecular weight is 311 g/mol. The van der Waals surface area contributed by atoms with Gasteiger partial charge in [-0.15, -0.1) is 0 Å². The van der Waals surface area contributed by atoms with Crippen LogP contribution in [0.5, 0.6) is 0 Å². The minimum atomic E-state index is -0.0744. The molecule has 0 aromatic rings. The van der Waals surface area contributed by atoms with Crippen LogP contribution in [-0.4, -0.2) is 55.9 Å². The Labute approximate surface area is 135 Å². The van der Waals surface area contributed by atoms with Crippen LogP contribution in [0.2, 0.25) is 0 Å². The monoisotopic (exact) mass is 311 g/mol. The van der Waals surface area contributed by atoms with Crippen LogP contribution in [-0.2, 0) is 9.59 Å². The van der Waals surface area contributed by atoms with E-state index in [1.807, 2.05) is 25.8 Å². The van der Waals surface area contributed by atoms with Crippen molar-refractivity contribution in [2.75, 3.05) is 33.2 Å². The third-order valence-corrected chi connectivity index (χ3v) is 3.28. The number of hydrogen-bond donors (Lipinski definition) is 2. The highest BCUT2D eigenvalue weighted by molar-refractivity contribution is 5.98. The molecule has 2 N–H and O–H groups in total. The lowest BCUT2D eigenvalue weighted by Gasteiger charge is -2.21. The van der Waals surface area contributed by atoms with Crippen molar-refractivity contribution in [3.05, 3.63) is 12.2 Å². The van der Waals surface area contributed by atoms with E-state index in [-0.39, 0.29) is 17.6 Å². The van der Waals surface area contributed by atoms with E-state index in [2.05, 4.69) is 24.5 Å². The number of allylic oxidation sites excluding steroid dienone is 1. The summed E-state index contributed by atoms with van der Waals surface area (Å²) in [5, 5.41) is 6.44. The zero-order valence-electron chi connectivity index (χ0n) is 14.8. The Hall–Kier alpha value is -1.20. The fraction of sp³-hybridized carbons (Fsp3) is 0.765. The molecule has 0 unspecified atom stereocenters. The van der Waals surface area contributed by atoms with Gasteiger partial charge in [0.25, 0.3) is 0 Å². The van der Waals surface area contributed by atoms with Gasteiger partial charge in [-0.1, -0.05) is 27.7 Å². The van der Waals surface area contributed by atoms with Crippen LogP contribution in [0, 0.1) is 5.92 Å². The molecule has 0 aliphatic rings. The second kappa shape index (κ2) is 12.4. The van der Waals surface area contributed by atoms with Gasteiger partial charge in [0.05, 0.1) is 0 Å². The molecule has 0 aromatic carbocycles. The molecule has 22 heavy (non-hydrogen) atoms. The molecule has 0 saturated heterocycles. The maximum Gasteiger partial charge on any atom is 0.246 e. The standard InChI is InChI=1S/C17H33N3O2/c1-14(2)16(21)8-9-17(22)20(12-6-10-18-5)13-7-11-19-15(3)4/h8-9,14-15,18-19H,6-7,10-13H2,1-5H3/b9-8-. The second-order valence-electron chi connectivity index (χ2n) is 6.14. The van der Waals surface area contributed by atoms with E-state index in [0.717, 1.165) is 25.9 Å². The lowest BCUT2D eigenvalue weighted by Crippen LogP contribution is -2.35. The highest BCUT2D eigenvalue weighted by atomic mass is 16.2. The van der Waals surface area contributed by atoms with Crippen molar-refractivity contribution in [1.29, 1.82) is 0 Å². The molecule has 0 spiro atoms. The molecule has 0 saturated carbocycles. The van der Waals surface area contributed by atoms with E-state index in [9.17, 15) is 9.59 Å². The molecule has 128 valence electrons. The fourth-order valence-electron chi connectivity index (χ4n) is 1.89. The number of ketones is 1. The Morgan fingerprint density at radius 1 is 1.00 bits per heavy atom. The van der Waals surface area contributed by atoms with Gasteiger partial charge >= 0.3 is 0 Å².